The number of hydrogen-bond acceptors (Lipinski definition) is 4. The van der Waals surface area contributed by atoms with Crippen molar-refractivity contribution in [1.82, 2.24) is 30.4 Å². The smallest absolute Gasteiger partial charge is 0.328 e. The fraction of sp³-hybridized carbons (Fsp3) is 0.467. The number of hydrogen-bond donors (Lipinski definition) is 1. The van der Waals surface area contributed by atoms with Gasteiger partial charge in [-0.25, -0.2) is 9.48 Å². The third-order valence-electron chi connectivity index (χ3n) is 3.70. The van der Waals surface area contributed by atoms with E-state index < -0.39 is 17.8 Å². The number of nitrogens with one attached hydrogen (secondary N) is 1. The molecule has 0 aliphatic carbocycles. The Kier molecular flexibility index (Phi) is 5.60. The van der Waals surface area contributed by atoms with Crippen LogP contribution in [0.15, 0.2) is 24.3 Å². The predicted molar refractivity (Wildman–Crippen MR) is 83.3 cm³/mol. The third-order valence-corrected chi connectivity index (χ3v) is 3.70. The van der Waals surface area contributed by atoms with Gasteiger partial charge in [-0.3, -0.25) is 0 Å². The first-order valence-electron chi connectivity index (χ1n) is 7.66. The number of alkyl halides is 3. The molecule has 0 aliphatic rings. The molecule has 0 spiro atoms. The zero-order valence-corrected chi connectivity index (χ0v) is 14.1. The number of nitrogens with zero attached hydrogens (tertiary/aromatic N) is 5. The van der Waals surface area contributed by atoms with Crippen molar-refractivity contribution in [2.75, 3.05) is 6.54 Å². The quantitative estimate of drug-likeness (QED) is 0.893. The van der Waals surface area contributed by atoms with Crippen molar-refractivity contribution in [3.8, 4) is 0 Å². The van der Waals surface area contributed by atoms with Gasteiger partial charge in [-0.15, -0.1) is 5.10 Å². The maximum Gasteiger partial charge on any atom is 0.416 e. The number of carbonyl (C=O) groups excluding carboxylic acids is 1. The number of aromatic nitrogens is 4. The van der Waals surface area contributed by atoms with Crippen LogP contribution < -0.4 is 5.32 Å². The summed E-state index contributed by atoms with van der Waals surface area (Å²) < 4.78 is 39.2. The Morgan fingerprint density at radius 2 is 1.96 bits per heavy atom. The molecule has 2 rings (SSSR count). The molecule has 0 radical (unpaired) electrons. The van der Waals surface area contributed by atoms with Gasteiger partial charge in [0.2, 0.25) is 0 Å². The Morgan fingerprint density at radius 3 is 2.44 bits per heavy atom. The maximum atomic E-state index is 12.6. The maximum absolute atomic E-state index is 12.6. The highest BCUT2D eigenvalue weighted by atomic mass is 19.4. The largest absolute Gasteiger partial charge is 0.416 e. The topological polar surface area (TPSA) is 75.9 Å². The highest BCUT2D eigenvalue weighted by Gasteiger charge is 2.30. The van der Waals surface area contributed by atoms with Gasteiger partial charge >= 0.3 is 12.2 Å². The van der Waals surface area contributed by atoms with Crippen molar-refractivity contribution in [2.45, 2.75) is 32.6 Å². The van der Waals surface area contributed by atoms with E-state index in [-0.39, 0.29) is 12.6 Å². The van der Waals surface area contributed by atoms with Crippen LogP contribution in [0.25, 0.3) is 0 Å². The summed E-state index contributed by atoms with van der Waals surface area (Å²) >= 11 is 0. The summed E-state index contributed by atoms with van der Waals surface area (Å²) in [6.45, 7) is 4.13. The first kappa shape index (κ1) is 18.7. The number of halogens is 3. The van der Waals surface area contributed by atoms with Crippen molar-refractivity contribution < 1.29 is 18.0 Å². The molecule has 7 nitrogen and oxygen atoms in total. The number of amides is 2. The Hall–Kier alpha value is -2.65. The van der Waals surface area contributed by atoms with Crippen LogP contribution in [0.3, 0.4) is 0 Å². The minimum Gasteiger partial charge on any atom is -0.328 e. The van der Waals surface area contributed by atoms with Gasteiger partial charge in [0.15, 0.2) is 5.82 Å². The minimum absolute atomic E-state index is 0.199. The molecular formula is C15H19F3N6O. The average Bonchev–Trinajstić information content (AvgIpc) is 2.98. The Bertz CT molecular complexity index is 713. The van der Waals surface area contributed by atoms with Crippen molar-refractivity contribution in [1.29, 1.82) is 0 Å². The van der Waals surface area contributed by atoms with E-state index in [1.165, 1.54) is 21.7 Å². The summed E-state index contributed by atoms with van der Waals surface area (Å²) in [5, 5.41) is 13.8. The molecule has 1 atom stereocenters. The van der Waals surface area contributed by atoms with Crippen LogP contribution in [0, 0.1) is 0 Å². The molecule has 1 N–H and O–H groups in total. The summed E-state index contributed by atoms with van der Waals surface area (Å²) in [6, 6.07) is 4.00. The number of benzene rings is 1. The van der Waals surface area contributed by atoms with Gasteiger partial charge in [0.05, 0.1) is 11.6 Å². The highest BCUT2D eigenvalue weighted by Crippen LogP contribution is 2.29. The van der Waals surface area contributed by atoms with Crippen LogP contribution in [-0.2, 0) is 19.8 Å². The van der Waals surface area contributed by atoms with Gasteiger partial charge in [0.25, 0.3) is 0 Å². The van der Waals surface area contributed by atoms with Crippen molar-refractivity contribution in [2.24, 2.45) is 7.05 Å². The highest BCUT2D eigenvalue weighted by molar-refractivity contribution is 5.74. The lowest BCUT2D eigenvalue weighted by molar-refractivity contribution is -0.137. The summed E-state index contributed by atoms with van der Waals surface area (Å²) in [5.74, 6) is 0.499. The molecule has 1 heterocycles. The van der Waals surface area contributed by atoms with Gasteiger partial charge in [-0.2, -0.15) is 13.2 Å². The van der Waals surface area contributed by atoms with E-state index in [1.807, 2.05) is 0 Å². The molecule has 0 saturated heterocycles. The average molecular weight is 356 g/mol. The summed E-state index contributed by atoms with van der Waals surface area (Å²) in [5.41, 5.74) is -0.106. The second-order valence-electron chi connectivity index (χ2n) is 5.54. The van der Waals surface area contributed by atoms with Crippen LogP contribution in [0.1, 0.15) is 36.8 Å². The van der Waals surface area contributed by atoms with Crippen LogP contribution in [0.4, 0.5) is 18.0 Å². The van der Waals surface area contributed by atoms with Crippen molar-refractivity contribution in [3.05, 3.63) is 41.2 Å². The van der Waals surface area contributed by atoms with Crippen LogP contribution in [-0.4, -0.2) is 37.7 Å². The van der Waals surface area contributed by atoms with E-state index in [9.17, 15) is 18.0 Å². The zero-order valence-electron chi connectivity index (χ0n) is 14.1. The molecule has 2 amide bonds. The van der Waals surface area contributed by atoms with Gasteiger partial charge in [0, 0.05) is 20.1 Å². The summed E-state index contributed by atoms with van der Waals surface area (Å²) in [7, 11) is 1.66. The third kappa shape index (κ3) is 4.68. The van der Waals surface area contributed by atoms with E-state index >= 15 is 0 Å². The number of carbonyl (C=O) groups is 1. The van der Waals surface area contributed by atoms with E-state index in [0.717, 1.165) is 12.1 Å². The molecule has 0 aliphatic heterocycles. The van der Waals surface area contributed by atoms with Gasteiger partial charge in [0.1, 0.15) is 0 Å². The van der Waals surface area contributed by atoms with E-state index in [2.05, 4.69) is 20.8 Å². The Labute approximate surface area is 142 Å². The molecule has 1 unspecified atom stereocenters. The number of urea groups is 1. The van der Waals surface area contributed by atoms with E-state index in [0.29, 0.717) is 17.9 Å². The standard InChI is InChI=1S/C15H19F3N6O/c1-4-24(9-11-5-7-12(8-6-11)15(16,17)18)14(25)19-10(2)13-20-21-22-23(13)3/h5-8,10H,4,9H2,1-3H3,(H,19,25). The lowest BCUT2D eigenvalue weighted by Crippen LogP contribution is -2.41. The van der Waals surface area contributed by atoms with Crippen LogP contribution in [0.2, 0.25) is 0 Å². The van der Waals surface area contributed by atoms with E-state index in [4.69, 9.17) is 0 Å². The summed E-state index contributed by atoms with van der Waals surface area (Å²) in [6.07, 6.45) is -4.38. The zero-order chi connectivity index (χ0) is 18.6. The molecule has 25 heavy (non-hydrogen) atoms. The first-order chi connectivity index (χ1) is 11.7. The molecular weight excluding hydrogens is 337 g/mol. The number of aryl methyl sites for hydroxylation is 1. The molecule has 0 saturated carbocycles. The monoisotopic (exact) mass is 356 g/mol. The molecule has 1 aromatic heterocycles. The van der Waals surface area contributed by atoms with Gasteiger partial charge < -0.3 is 10.2 Å². The van der Waals surface area contributed by atoms with Gasteiger partial charge in [-0.05, 0) is 42.0 Å². The molecule has 136 valence electrons. The number of tetrazole rings is 1. The predicted octanol–water partition coefficient (Wildman–Crippen LogP) is 2.52. The molecule has 1 aromatic carbocycles. The molecule has 2 aromatic rings. The second-order valence-corrected chi connectivity index (χ2v) is 5.54. The van der Waals surface area contributed by atoms with Crippen LogP contribution >= 0.6 is 0 Å². The Morgan fingerprint density at radius 1 is 1.32 bits per heavy atom. The fourth-order valence-electron chi connectivity index (χ4n) is 2.29. The SMILES string of the molecule is CCN(Cc1ccc(C(F)(F)F)cc1)C(=O)NC(C)c1nnnn1C. The lowest BCUT2D eigenvalue weighted by Gasteiger charge is -2.23. The molecule has 10 heteroatoms. The van der Waals surface area contributed by atoms with Gasteiger partial charge in [-0.1, -0.05) is 12.1 Å². The van der Waals surface area contributed by atoms with Crippen molar-refractivity contribution in [3.63, 3.8) is 0 Å². The second kappa shape index (κ2) is 7.49. The normalized spacial score (nSPS) is 12.7. The molecule has 0 bridgehead atoms. The van der Waals surface area contributed by atoms with Crippen LogP contribution in [0.5, 0.6) is 0 Å². The fourth-order valence-corrected chi connectivity index (χ4v) is 2.29. The van der Waals surface area contributed by atoms with E-state index in [1.54, 1.807) is 20.9 Å². The number of rotatable bonds is 5. The Balaban J connectivity index is 2.01. The lowest BCUT2D eigenvalue weighted by atomic mass is 10.1. The molecule has 0 fully saturated rings. The first-order valence-corrected chi connectivity index (χ1v) is 7.66. The minimum atomic E-state index is -4.38. The van der Waals surface area contributed by atoms with Crippen molar-refractivity contribution >= 4 is 6.03 Å². The summed E-state index contributed by atoms with van der Waals surface area (Å²) in [4.78, 5) is 13.9.